The Bertz CT molecular complexity index is 1660. The van der Waals surface area contributed by atoms with Crippen LogP contribution in [0, 0.1) is 17.1 Å². The van der Waals surface area contributed by atoms with Crippen molar-refractivity contribution in [1.29, 1.82) is 5.26 Å². The molecular formula is C30H25ClF3N5O4S. The molecule has 1 unspecified atom stereocenters. The van der Waals surface area contributed by atoms with Crippen molar-refractivity contribution >= 4 is 52.0 Å². The zero-order valence-corrected chi connectivity index (χ0v) is 24.7. The number of rotatable bonds is 8. The monoisotopic (exact) mass is 643 g/mol. The standard InChI is InChI=1S/C30H25ClF3N5O4S/c1-44(43)21-12-18(32)11-20(13-21)38(29(42)24-6-7-26(40)39(24)25-10-17(16-35)8-9-36-25)27(22-4-2-3-5-23(22)31)28(41)37-19-14-30(33,34)15-19/h2-5,8-13,19,24,27H,6-7,14-15H2,1H3,(H,37,41)/t24-,27?,44-/m0/s1. The van der Waals surface area contributed by atoms with Gasteiger partial charge in [0.25, 0.3) is 11.8 Å². The molecule has 5 rings (SSSR count). The maximum absolute atomic E-state index is 15.0. The normalized spacial score (nSPS) is 19.1. The molecule has 1 N–H and O–H groups in total. The Morgan fingerprint density at radius 2 is 1.95 bits per heavy atom. The second-order valence-corrected chi connectivity index (χ2v) is 12.3. The number of amides is 3. The van der Waals surface area contributed by atoms with Gasteiger partial charge in [0.2, 0.25) is 11.8 Å². The van der Waals surface area contributed by atoms with Crippen molar-refractivity contribution in [2.75, 3.05) is 16.1 Å². The minimum absolute atomic E-state index is 0.0116. The first-order valence-corrected chi connectivity index (χ1v) is 15.4. The van der Waals surface area contributed by atoms with E-state index in [4.69, 9.17) is 11.6 Å². The zero-order valence-electron chi connectivity index (χ0n) is 23.2. The lowest BCUT2D eigenvalue weighted by Gasteiger charge is -2.39. The third-order valence-corrected chi connectivity index (χ3v) is 8.71. The molecule has 3 atom stereocenters. The molecule has 1 aromatic heterocycles. The molecule has 1 saturated carbocycles. The van der Waals surface area contributed by atoms with E-state index in [1.807, 2.05) is 6.07 Å². The topological polar surface area (TPSA) is 129 Å². The van der Waals surface area contributed by atoms with Crippen molar-refractivity contribution in [3.8, 4) is 6.07 Å². The van der Waals surface area contributed by atoms with E-state index in [0.717, 1.165) is 21.9 Å². The summed E-state index contributed by atoms with van der Waals surface area (Å²) in [5.74, 6) is -5.96. The fourth-order valence-electron chi connectivity index (χ4n) is 5.38. The van der Waals surface area contributed by atoms with Crippen LogP contribution in [0.1, 0.15) is 42.9 Å². The van der Waals surface area contributed by atoms with Gasteiger partial charge in [-0.3, -0.25) is 24.2 Å². The number of alkyl halides is 2. The van der Waals surface area contributed by atoms with Crippen LogP contribution in [0.3, 0.4) is 0 Å². The number of carbonyl (C=O) groups excluding carboxylic acids is 3. The first-order chi connectivity index (χ1) is 20.9. The van der Waals surface area contributed by atoms with E-state index in [1.54, 1.807) is 12.1 Å². The van der Waals surface area contributed by atoms with Crippen LogP contribution in [0.4, 0.5) is 24.7 Å². The van der Waals surface area contributed by atoms with Gasteiger partial charge in [0.15, 0.2) is 4.90 Å². The molecule has 2 fully saturated rings. The van der Waals surface area contributed by atoms with Crippen molar-refractivity contribution < 1.29 is 32.1 Å². The number of nitrogens with zero attached hydrogens (tertiary/aromatic N) is 4. The third kappa shape index (κ3) is 6.38. The maximum Gasteiger partial charge on any atom is 0.252 e. The minimum atomic E-state index is -2.95. The Labute approximate surface area is 258 Å². The number of benzene rings is 2. The van der Waals surface area contributed by atoms with Crippen LogP contribution >= 0.6 is 11.6 Å². The van der Waals surface area contributed by atoms with Crippen LogP contribution in [0.5, 0.6) is 0 Å². The van der Waals surface area contributed by atoms with E-state index in [2.05, 4.69) is 10.3 Å². The maximum atomic E-state index is 15.0. The zero-order chi connectivity index (χ0) is 31.8. The molecule has 44 heavy (non-hydrogen) atoms. The van der Waals surface area contributed by atoms with E-state index < -0.39 is 71.6 Å². The van der Waals surface area contributed by atoms with Crippen LogP contribution in [0.25, 0.3) is 0 Å². The number of nitrogens with one attached hydrogen (secondary N) is 1. The highest BCUT2D eigenvalue weighted by Crippen LogP contribution is 2.40. The molecule has 2 heterocycles. The van der Waals surface area contributed by atoms with Crippen molar-refractivity contribution in [3.05, 3.63) is 82.8 Å². The first-order valence-electron chi connectivity index (χ1n) is 13.5. The predicted octanol–water partition coefficient (Wildman–Crippen LogP) is 4.67. The first kappa shape index (κ1) is 31.3. The summed E-state index contributed by atoms with van der Waals surface area (Å²) >= 11 is 4.81. The Kier molecular flexibility index (Phi) is 8.88. The number of hydrogen-bond acceptors (Lipinski definition) is 6. The fourth-order valence-corrected chi connectivity index (χ4v) is 6.18. The van der Waals surface area contributed by atoms with Crippen LogP contribution in [-0.4, -0.2) is 51.5 Å². The lowest BCUT2D eigenvalue weighted by Crippen LogP contribution is -2.56. The number of nitriles is 1. The van der Waals surface area contributed by atoms with Crippen LogP contribution in [0.15, 0.2) is 65.7 Å². The van der Waals surface area contributed by atoms with Crippen molar-refractivity contribution in [2.45, 2.75) is 54.6 Å². The van der Waals surface area contributed by atoms with Gasteiger partial charge in [-0.2, -0.15) is 5.26 Å². The Balaban J connectivity index is 1.66. The van der Waals surface area contributed by atoms with Gasteiger partial charge in [-0.15, -0.1) is 0 Å². The molecule has 3 aromatic rings. The van der Waals surface area contributed by atoms with Gasteiger partial charge < -0.3 is 9.87 Å². The number of carbonyl (C=O) groups is 3. The Hall–Kier alpha value is -4.12. The number of pyridine rings is 1. The average Bonchev–Trinajstić information content (AvgIpc) is 3.36. The lowest BCUT2D eigenvalue weighted by molar-refractivity contribution is -0.133. The third-order valence-electron chi connectivity index (χ3n) is 7.46. The molecule has 0 bridgehead atoms. The molecule has 0 radical (unpaired) electrons. The number of aromatic nitrogens is 1. The van der Waals surface area contributed by atoms with Gasteiger partial charge in [-0.1, -0.05) is 29.8 Å². The Morgan fingerprint density at radius 3 is 2.61 bits per heavy atom. The van der Waals surface area contributed by atoms with E-state index >= 15 is 0 Å². The van der Waals surface area contributed by atoms with Crippen molar-refractivity contribution in [1.82, 2.24) is 10.3 Å². The molecule has 228 valence electrons. The highest BCUT2D eigenvalue weighted by molar-refractivity contribution is 7.90. The van der Waals surface area contributed by atoms with Gasteiger partial charge in [0.1, 0.15) is 30.0 Å². The molecule has 1 aliphatic heterocycles. The molecule has 0 spiro atoms. The lowest BCUT2D eigenvalue weighted by atomic mass is 9.87. The van der Waals surface area contributed by atoms with Crippen molar-refractivity contribution in [2.24, 2.45) is 0 Å². The molecule has 2 aromatic carbocycles. The second-order valence-electron chi connectivity index (χ2n) is 10.5. The summed E-state index contributed by atoms with van der Waals surface area (Å²) in [6.07, 6.45) is 1.32. The quantitative estimate of drug-likeness (QED) is 0.355. The number of halogens is 4. The molecule has 9 nitrogen and oxygen atoms in total. The average molecular weight is 644 g/mol. The van der Waals surface area contributed by atoms with E-state index in [9.17, 15) is 37.4 Å². The summed E-state index contributed by atoms with van der Waals surface area (Å²) in [6.45, 7) is 0. The Morgan fingerprint density at radius 1 is 1.23 bits per heavy atom. The SMILES string of the molecule is C[S@+]([O-])c1cc(F)cc(N(C(=O)[C@@H]2CCC(=O)N2c2cc(C#N)ccn2)C(C(=O)NC2CC(F)(F)C2)c2ccccc2Cl)c1. The van der Waals surface area contributed by atoms with E-state index in [0.29, 0.717) is 0 Å². The van der Waals surface area contributed by atoms with E-state index in [1.165, 1.54) is 42.8 Å². The highest BCUT2D eigenvalue weighted by Gasteiger charge is 2.48. The molecule has 3 amide bonds. The van der Waals surface area contributed by atoms with Crippen LogP contribution in [0.2, 0.25) is 5.02 Å². The summed E-state index contributed by atoms with van der Waals surface area (Å²) in [4.78, 5) is 47.9. The summed E-state index contributed by atoms with van der Waals surface area (Å²) in [7, 11) is 0. The van der Waals surface area contributed by atoms with Gasteiger partial charge in [0, 0.05) is 54.2 Å². The summed E-state index contributed by atoms with van der Waals surface area (Å²) in [5, 5.41) is 12.0. The molecule has 14 heteroatoms. The largest absolute Gasteiger partial charge is 0.612 e. The summed E-state index contributed by atoms with van der Waals surface area (Å²) in [6, 6.07) is 10.3. The van der Waals surface area contributed by atoms with Gasteiger partial charge in [-0.25, -0.2) is 18.2 Å². The highest BCUT2D eigenvalue weighted by atomic mass is 35.5. The number of hydrogen-bond donors (Lipinski definition) is 1. The van der Waals surface area contributed by atoms with Gasteiger partial charge in [0.05, 0.1) is 17.3 Å². The van der Waals surface area contributed by atoms with E-state index in [-0.39, 0.29) is 45.4 Å². The molecule has 2 aliphatic rings. The van der Waals surface area contributed by atoms with Gasteiger partial charge >= 0.3 is 0 Å². The van der Waals surface area contributed by atoms with Crippen LogP contribution < -0.4 is 15.1 Å². The van der Waals surface area contributed by atoms with Crippen molar-refractivity contribution in [3.63, 3.8) is 0 Å². The smallest absolute Gasteiger partial charge is 0.252 e. The fraction of sp³-hybridized carbons (Fsp3) is 0.300. The predicted molar refractivity (Wildman–Crippen MR) is 156 cm³/mol. The van der Waals surface area contributed by atoms with Crippen LogP contribution in [-0.2, 0) is 25.6 Å². The minimum Gasteiger partial charge on any atom is -0.612 e. The summed E-state index contributed by atoms with van der Waals surface area (Å²) in [5.41, 5.74) is 0.121. The molecule has 1 saturated heterocycles. The molecular weight excluding hydrogens is 619 g/mol. The summed E-state index contributed by atoms with van der Waals surface area (Å²) < 4.78 is 54.7. The number of anilines is 2. The van der Waals surface area contributed by atoms with Gasteiger partial charge in [-0.05, 0) is 41.9 Å². The molecule has 1 aliphatic carbocycles. The second kappa shape index (κ2) is 12.5.